The van der Waals surface area contributed by atoms with Crippen molar-refractivity contribution in [3.8, 4) is 0 Å². The molecule has 14 heteroatoms. The molecular formula is C45H56ClN7O6. The van der Waals surface area contributed by atoms with Crippen molar-refractivity contribution in [3.05, 3.63) is 87.3 Å². The lowest BCUT2D eigenvalue weighted by molar-refractivity contribution is -0.137. The SMILES string of the molecule is C[C@@H]1C[C@@H](O)c2ncnc(N3CCN(C(=O)[C@@H](CC(CCCCCCCCCc4cccc5c4CN(C4CCC(=O)NC4=O)C5=O)C(N)=O)c4ccc(Cl)cc4)CC3)c21. The largest absolute Gasteiger partial charge is 0.387 e. The van der Waals surface area contributed by atoms with Crippen LogP contribution in [0.2, 0.25) is 5.02 Å². The standard InChI is InChI=1S/C45H56ClN7O6/c1-28-24-37(54)40-39(28)42(49-27-48-40)51-20-22-52(23-21-51)44(58)34(30-14-16-32(46)17-15-30)25-31(41(47)56)11-8-6-4-2-3-5-7-10-29-12-9-13-33-35(29)26-53(45(33)59)36-18-19-38(55)50-43(36)57/h9,12-17,27-28,31,34,36-37,54H,2-8,10-11,18-26H2,1H3,(H2,47,56)(H,50,55,57)/t28-,31?,34+,36?,37-/m1/s1. The molecule has 3 aromatic rings. The maximum Gasteiger partial charge on any atom is 0.255 e. The van der Waals surface area contributed by atoms with Gasteiger partial charge in [0.05, 0.1) is 17.7 Å². The molecule has 2 aromatic carbocycles. The van der Waals surface area contributed by atoms with Crippen molar-refractivity contribution >= 4 is 47.0 Å². The number of rotatable bonds is 17. The van der Waals surface area contributed by atoms with Gasteiger partial charge in [0.15, 0.2) is 0 Å². The monoisotopic (exact) mass is 825 g/mol. The van der Waals surface area contributed by atoms with E-state index >= 15 is 0 Å². The minimum absolute atomic E-state index is 0.0198. The van der Waals surface area contributed by atoms with Crippen LogP contribution in [0.1, 0.15) is 140 Å². The van der Waals surface area contributed by atoms with Crippen molar-refractivity contribution in [2.75, 3.05) is 31.1 Å². The van der Waals surface area contributed by atoms with E-state index in [1.54, 1.807) is 17.0 Å². The highest BCUT2D eigenvalue weighted by molar-refractivity contribution is 6.30. The number of hydrogen-bond donors (Lipinski definition) is 3. The number of fused-ring (bicyclic) bond motifs is 2. The molecule has 5 amide bonds. The average Bonchev–Trinajstić information content (AvgIpc) is 3.72. The molecule has 3 aliphatic heterocycles. The van der Waals surface area contributed by atoms with Gasteiger partial charge < -0.3 is 25.5 Å². The van der Waals surface area contributed by atoms with Gasteiger partial charge in [-0.05, 0) is 79.3 Å². The first kappa shape index (κ1) is 42.3. The Labute approximate surface area is 351 Å². The van der Waals surface area contributed by atoms with Crippen molar-refractivity contribution in [1.29, 1.82) is 0 Å². The molecule has 4 heterocycles. The van der Waals surface area contributed by atoms with E-state index in [1.165, 1.54) is 6.33 Å². The van der Waals surface area contributed by atoms with Crippen LogP contribution in [0.4, 0.5) is 5.82 Å². The third-order valence-electron chi connectivity index (χ3n) is 12.8. The van der Waals surface area contributed by atoms with Gasteiger partial charge in [0.2, 0.25) is 23.6 Å². The van der Waals surface area contributed by atoms with Crippen LogP contribution in [0.3, 0.4) is 0 Å². The molecule has 59 heavy (non-hydrogen) atoms. The lowest BCUT2D eigenvalue weighted by Gasteiger charge is -2.38. The normalized spacial score (nSPS) is 21.3. The van der Waals surface area contributed by atoms with Gasteiger partial charge in [-0.25, -0.2) is 9.97 Å². The molecule has 4 aliphatic rings. The van der Waals surface area contributed by atoms with E-state index < -0.39 is 29.9 Å². The van der Waals surface area contributed by atoms with Crippen LogP contribution in [-0.4, -0.2) is 86.6 Å². The summed E-state index contributed by atoms with van der Waals surface area (Å²) in [6, 6.07) is 12.5. The van der Waals surface area contributed by atoms with Gasteiger partial charge in [-0.15, -0.1) is 0 Å². The quantitative estimate of drug-likeness (QED) is 0.113. The number of halogens is 1. The number of anilines is 1. The zero-order chi connectivity index (χ0) is 41.6. The van der Waals surface area contributed by atoms with Crippen molar-refractivity contribution in [2.24, 2.45) is 11.7 Å². The molecule has 7 rings (SSSR count). The number of aliphatic hydroxyl groups is 1. The lowest BCUT2D eigenvalue weighted by Crippen LogP contribution is -2.52. The van der Waals surface area contributed by atoms with Crippen LogP contribution in [0.25, 0.3) is 0 Å². The first-order chi connectivity index (χ1) is 28.5. The summed E-state index contributed by atoms with van der Waals surface area (Å²) in [5.41, 5.74) is 11.3. The lowest BCUT2D eigenvalue weighted by atomic mass is 9.84. The number of nitrogens with zero attached hydrogens (tertiary/aromatic N) is 5. The molecule has 0 saturated carbocycles. The van der Waals surface area contributed by atoms with Crippen LogP contribution >= 0.6 is 11.6 Å². The highest BCUT2D eigenvalue weighted by Gasteiger charge is 2.40. The number of aryl methyl sites for hydroxylation is 1. The van der Waals surface area contributed by atoms with Crippen LogP contribution in [0.5, 0.6) is 0 Å². The molecule has 2 fully saturated rings. The number of nitrogens with one attached hydrogen (secondary N) is 1. The predicted molar refractivity (Wildman–Crippen MR) is 223 cm³/mol. The summed E-state index contributed by atoms with van der Waals surface area (Å²) in [7, 11) is 0. The summed E-state index contributed by atoms with van der Waals surface area (Å²) in [6.45, 7) is 4.71. The Morgan fingerprint density at radius 2 is 1.66 bits per heavy atom. The Morgan fingerprint density at radius 1 is 0.949 bits per heavy atom. The Morgan fingerprint density at radius 3 is 2.37 bits per heavy atom. The molecule has 0 bridgehead atoms. The number of piperazine rings is 1. The molecule has 1 aromatic heterocycles. The van der Waals surface area contributed by atoms with Crippen molar-refractivity contribution < 1.29 is 29.1 Å². The van der Waals surface area contributed by atoms with Crippen molar-refractivity contribution in [1.82, 2.24) is 25.1 Å². The fourth-order valence-corrected chi connectivity index (χ4v) is 9.65. The molecule has 2 saturated heterocycles. The van der Waals surface area contributed by atoms with E-state index in [0.29, 0.717) is 74.7 Å². The van der Waals surface area contributed by atoms with Gasteiger partial charge in [0, 0.05) is 61.2 Å². The van der Waals surface area contributed by atoms with Gasteiger partial charge in [-0.1, -0.05) is 81.3 Å². The number of hydrogen-bond acceptors (Lipinski definition) is 9. The third-order valence-corrected chi connectivity index (χ3v) is 13.1. The number of benzene rings is 2. The number of imide groups is 1. The maximum absolute atomic E-state index is 14.3. The molecule has 5 atom stereocenters. The van der Waals surface area contributed by atoms with E-state index in [0.717, 1.165) is 79.4 Å². The highest BCUT2D eigenvalue weighted by atomic mass is 35.5. The third kappa shape index (κ3) is 9.62. The second kappa shape index (κ2) is 19.0. The van der Waals surface area contributed by atoms with E-state index in [2.05, 4.69) is 33.2 Å². The Kier molecular flexibility index (Phi) is 13.6. The molecule has 13 nitrogen and oxygen atoms in total. The van der Waals surface area contributed by atoms with E-state index in [4.69, 9.17) is 17.3 Å². The van der Waals surface area contributed by atoms with Crippen LogP contribution in [0, 0.1) is 5.92 Å². The summed E-state index contributed by atoms with van der Waals surface area (Å²) in [4.78, 5) is 79.0. The average molecular weight is 826 g/mol. The van der Waals surface area contributed by atoms with Gasteiger partial charge in [-0.3, -0.25) is 29.3 Å². The van der Waals surface area contributed by atoms with Gasteiger partial charge in [-0.2, -0.15) is 0 Å². The maximum atomic E-state index is 14.3. The van der Waals surface area contributed by atoms with Crippen molar-refractivity contribution in [3.63, 3.8) is 0 Å². The fourth-order valence-electron chi connectivity index (χ4n) is 9.52. The number of aromatic nitrogens is 2. The number of unbranched alkanes of at least 4 members (excludes halogenated alkanes) is 6. The molecule has 0 radical (unpaired) electrons. The Bertz CT molecular complexity index is 2040. The summed E-state index contributed by atoms with van der Waals surface area (Å²) < 4.78 is 0. The number of nitrogens with two attached hydrogens (primary N) is 1. The molecule has 314 valence electrons. The Hall–Kier alpha value is -4.88. The fraction of sp³-hybridized carbons (Fsp3) is 0.533. The van der Waals surface area contributed by atoms with E-state index in [-0.39, 0.29) is 36.0 Å². The molecule has 0 spiro atoms. The van der Waals surface area contributed by atoms with Gasteiger partial charge >= 0.3 is 0 Å². The number of aliphatic hydroxyl groups excluding tert-OH is 1. The molecular weight excluding hydrogens is 770 g/mol. The second-order valence-corrected chi connectivity index (χ2v) is 17.2. The van der Waals surface area contributed by atoms with Gasteiger partial charge in [0.25, 0.3) is 5.91 Å². The van der Waals surface area contributed by atoms with Crippen molar-refractivity contribution in [2.45, 2.75) is 121 Å². The first-order valence-electron chi connectivity index (χ1n) is 21.4. The summed E-state index contributed by atoms with van der Waals surface area (Å²) in [5, 5.41) is 13.4. The predicted octanol–water partition coefficient (Wildman–Crippen LogP) is 5.72. The second-order valence-electron chi connectivity index (χ2n) is 16.8. The van der Waals surface area contributed by atoms with E-state index in [1.807, 2.05) is 29.2 Å². The molecule has 4 N–H and O–H groups in total. The zero-order valence-electron chi connectivity index (χ0n) is 33.9. The highest BCUT2D eigenvalue weighted by Crippen LogP contribution is 2.43. The zero-order valence-corrected chi connectivity index (χ0v) is 34.7. The Balaban J connectivity index is 0.860. The smallest absolute Gasteiger partial charge is 0.255 e. The number of amides is 5. The van der Waals surface area contributed by atoms with Crippen LogP contribution in [-0.2, 0) is 32.1 Å². The van der Waals surface area contributed by atoms with Gasteiger partial charge in [0.1, 0.15) is 18.2 Å². The van der Waals surface area contributed by atoms with Crippen LogP contribution in [0.15, 0.2) is 48.8 Å². The number of primary amides is 1. The molecule has 1 aliphatic carbocycles. The number of carbonyl (C=O) groups excluding carboxylic acids is 5. The summed E-state index contributed by atoms with van der Waals surface area (Å²) in [5.74, 6) is -1.21. The number of carbonyl (C=O) groups is 5. The number of piperidine rings is 1. The van der Waals surface area contributed by atoms with Crippen LogP contribution < -0.4 is 16.0 Å². The molecule has 2 unspecified atom stereocenters. The summed E-state index contributed by atoms with van der Waals surface area (Å²) >= 11 is 6.23. The minimum atomic E-state index is -0.613. The van der Waals surface area contributed by atoms with E-state index in [9.17, 15) is 29.1 Å². The summed E-state index contributed by atoms with van der Waals surface area (Å²) in [6.07, 6.45) is 11.0. The topological polar surface area (TPSA) is 179 Å². The minimum Gasteiger partial charge on any atom is -0.387 e. The first-order valence-corrected chi connectivity index (χ1v) is 21.7.